The fourth-order valence-corrected chi connectivity index (χ4v) is 11.0. The highest BCUT2D eigenvalue weighted by molar-refractivity contribution is 5.72. The minimum atomic E-state index is -0.893. The SMILES string of the molecule is CNc1ccc(/C=C/c2ccc(OCCOCCOCCOCCn3cc(COCC(COCCOCCOCCF)(COCc4cn(CCOCCOCCOCCOc5ccc(/C=C/c6ccc(NC)cc6)cn5)nn4)COCc4cn(CCOCCOCCOCCOc5ccc(/C=C/c6ccc(NC)cc6)cn5)nn4)nn3)nc2)cc1. The Morgan fingerprint density at radius 3 is 0.792 bits per heavy atom. The smallest absolute Gasteiger partial charge is 0.213 e. The van der Waals surface area contributed by atoms with Crippen LogP contribution in [0.4, 0.5) is 21.5 Å². The number of nitrogens with one attached hydrogen (secondary N) is 3. The van der Waals surface area contributed by atoms with Gasteiger partial charge in [0.2, 0.25) is 17.6 Å². The first kappa shape index (κ1) is 93.7. The van der Waals surface area contributed by atoms with E-state index in [4.69, 9.17) is 85.3 Å². The van der Waals surface area contributed by atoms with Gasteiger partial charge in [0.1, 0.15) is 43.6 Å². The van der Waals surface area contributed by atoms with Crippen LogP contribution in [0.1, 0.15) is 50.5 Å². The van der Waals surface area contributed by atoms with Crippen molar-refractivity contribution in [3.05, 3.63) is 197 Å². The minimum absolute atomic E-state index is 0.00672. The standard InChI is InChI=1S/C86H116FN15O18/c1-88-77-19-10-71(11-20-77)4-7-74-16-25-83(91-58-74)118-55-52-111-47-44-107-41-37-104-33-29-100-61-80(94-97-100)64-115-68-86(67-114-51-50-110-40-36-103-32-28-87,69-116-65-81-62-101(98-95-81)30-34-105-38-42-108-45-48-112-53-56-119-84-26-17-75(59-92-84)8-5-72-12-21-78(89-2)22-13-72)70-117-66-82-63-102(99-96-82)31-35-106-39-43-109-46-49-113-54-57-120-85-27-18-76(60-93-85)9-6-73-14-23-79(90-3)24-15-73/h4-27,58-63,88-90H,28-57,64-70H2,1-3H3/b7-4+,8-5+,9-6+. The minimum Gasteiger partial charge on any atom is -0.475 e. The van der Waals surface area contributed by atoms with Crippen LogP contribution >= 0.6 is 0 Å². The molecule has 0 unspecified atom stereocenters. The van der Waals surface area contributed by atoms with Crippen LogP contribution in [0.25, 0.3) is 36.5 Å². The number of alkyl halides is 1. The van der Waals surface area contributed by atoms with E-state index < -0.39 is 12.1 Å². The molecule has 34 heteroatoms. The van der Waals surface area contributed by atoms with Gasteiger partial charge in [0.15, 0.2) is 0 Å². The van der Waals surface area contributed by atoms with Crippen molar-refractivity contribution in [1.82, 2.24) is 59.9 Å². The summed E-state index contributed by atoms with van der Waals surface area (Å²) < 4.78 is 123. The fraction of sp³-hybridized carbons (Fsp3) is 0.477. The van der Waals surface area contributed by atoms with Gasteiger partial charge in [0, 0.05) is 75.0 Å². The zero-order valence-corrected chi connectivity index (χ0v) is 69.1. The van der Waals surface area contributed by atoms with Gasteiger partial charge in [-0.1, -0.05) is 88.5 Å². The molecule has 0 aliphatic heterocycles. The van der Waals surface area contributed by atoms with Crippen molar-refractivity contribution < 1.29 is 89.7 Å². The Morgan fingerprint density at radius 2 is 0.525 bits per heavy atom. The average Bonchev–Trinajstić information content (AvgIpc) is 1.18. The van der Waals surface area contributed by atoms with Crippen molar-refractivity contribution in [2.45, 2.75) is 39.5 Å². The predicted octanol–water partition coefficient (Wildman–Crippen LogP) is 9.62. The first-order chi connectivity index (χ1) is 59.3. The lowest BCUT2D eigenvalue weighted by molar-refractivity contribution is -0.119. The Kier molecular flexibility index (Phi) is 45.9. The molecule has 6 aromatic heterocycles. The second kappa shape index (κ2) is 58.7. The third-order valence-corrected chi connectivity index (χ3v) is 17.4. The van der Waals surface area contributed by atoms with Gasteiger partial charge in [-0.25, -0.2) is 33.4 Å². The van der Waals surface area contributed by atoms with Crippen molar-refractivity contribution in [3.8, 4) is 17.6 Å². The zero-order valence-electron chi connectivity index (χ0n) is 69.1. The van der Waals surface area contributed by atoms with Crippen LogP contribution < -0.4 is 30.2 Å². The molecule has 9 rings (SSSR count). The Morgan fingerprint density at radius 1 is 0.283 bits per heavy atom. The van der Waals surface area contributed by atoms with E-state index in [1.807, 2.05) is 149 Å². The van der Waals surface area contributed by atoms with Gasteiger partial charge in [0.25, 0.3) is 0 Å². The molecule has 0 spiro atoms. The van der Waals surface area contributed by atoms with Crippen molar-refractivity contribution in [2.24, 2.45) is 5.41 Å². The van der Waals surface area contributed by atoms with Crippen LogP contribution in [0, 0.1) is 5.41 Å². The molecule has 0 amide bonds. The number of rotatable bonds is 70. The lowest BCUT2D eigenvalue weighted by Crippen LogP contribution is -2.42. The number of benzene rings is 3. The van der Waals surface area contributed by atoms with E-state index in [2.05, 4.69) is 98.2 Å². The topological polar surface area (TPSA) is 333 Å². The summed E-state index contributed by atoms with van der Waals surface area (Å²) in [6, 6.07) is 35.9. The highest BCUT2D eigenvalue weighted by Crippen LogP contribution is 2.24. The fourth-order valence-electron chi connectivity index (χ4n) is 11.0. The zero-order chi connectivity index (χ0) is 83.5. The molecule has 120 heavy (non-hydrogen) atoms. The maximum Gasteiger partial charge on any atom is 0.213 e. The van der Waals surface area contributed by atoms with E-state index in [1.54, 1.807) is 32.6 Å². The van der Waals surface area contributed by atoms with Crippen LogP contribution in [0.15, 0.2) is 146 Å². The van der Waals surface area contributed by atoms with E-state index in [0.29, 0.717) is 193 Å². The largest absolute Gasteiger partial charge is 0.475 e. The van der Waals surface area contributed by atoms with Crippen molar-refractivity contribution in [1.29, 1.82) is 0 Å². The summed E-state index contributed by atoms with van der Waals surface area (Å²) in [5.74, 6) is 1.58. The van der Waals surface area contributed by atoms with E-state index >= 15 is 0 Å². The summed E-state index contributed by atoms with van der Waals surface area (Å²) in [6.07, 6.45) is 22.9. The molecule has 0 saturated heterocycles. The Hall–Kier alpha value is -10.1. The molecule has 0 saturated carbocycles. The molecule has 9 aromatic rings. The van der Waals surface area contributed by atoms with Gasteiger partial charge in [-0.15, -0.1) is 15.3 Å². The third-order valence-electron chi connectivity index (χ3n) is 17.4. The van der Waals surface area contributed by atoms with Gasteiger partial charge in [0.05, 0.1) is 242 Å². The highest BCUT2D eigenvalue weighted by atomic mass is 19.1. The molecule has 6 heterocycles. The second-order valence-corrected chi connectivity index (χ2v) is 26.8. The van der Waals surface area contributed by atoms with E-state index in [1.165, 1.54) is 0 Å². The molecule has 0 radical (unpaired) electrons. The highest BCUT2D eigenvalue weighted by Gasteiger charge is 2.33. The normalized spacial score (nSPS) is 11.8. The quantitative estimate of drug-likeness (QED) is 0.0298. The summed E-state index contributed by atoms with van der Waals surface area (Å²) >= 11 is 0. The maximum absolute atomic E-state index is 12.6. The third kappa shape index (κ3) is 39.8. The molecule has 0 aliphatic rings. The molecule has 3 aromatic carbocycles. The van der Waals surface area contributed by atoms with Crippen LogP contribution in [-0.2, 0) is 111 Å². The Bertz CT molecular complexity index is 3780. The van der Waals surface area contributed by atoms with Crippen LogP contribution in [0.3, 0.4) is 0 Å². The molecular weight excluding hydrogens is 1550 g/mol. The molecule has 0 aliphatic carbocycles. The number of anilines is 3. The average molecular weight is 1670 g/mol. The summed E-state index contributed by atoms with van der Waals surface area (Å²) in [7, 11) is 5.69. The predicted molar refractivity (Wildman–Crippen MR) is 451 cm³/mol. The Balaban J connectivity index is 0.665. The number of hydrogen-bond acceptors (Lipinski definition) is 30. The van der Waals surface area contributed by atoms with Gasteiger partial charge in [-0.3, -0.25) is 0 Å². The molecule has 0 bridgehead atoms. The van der Waals surface area contributed by atoms with Crippen molar-refractivity contribution in [3.63, 3.8) is 0 Å². The van der Waals surface area contributed by atoms with Crippen molar-refractivity contribution in [2.75, 3.05) is 242 Å². The molecule has 0 fully saturated rings. The van der Waals surface area contributed by atoms with Gasteiger partial charge < -0.3 is 101 Å². The summed E-state index contributed by atoms with van der Waals surface area (Å²) in [5, 5.41) is 35.4. The lowest BCUT2D eigenvalue weighted by atomic mass is 9.92. The Labute approximate surface area is 701 Å². The van der Waals surface area contributed by atoms with E-state index in [-0.39, 0.29) is 79.3 Å². The number of nitrogens with zero attached hydrogens (tertiary/aromatic N) is 12. The second-order valence-electron chi connectivity index (χ2n) is 26.8. The van der Waals surface area contributed by atoms with Crippen molar-refractivity contribution >= 4 is 53.5 Å². The van der Waals surface area contributed by atoms with Gasteiger partial charge in [-0.05, 0) is 88.0 Å². The number of pyridine rings is 3. The molecular formula is C86H116FN15O18. The monoisotopic (exact) mass is 1670 g/mol. The van der Waals surface area contributed by atoms with E-state index in [0.717, 1.165) is 50.4 Å². The molecule has 650 valence electrons. The lowest BCUT2D eigenvalue weighted by Gasteiger charge is -2.32. The van der Waals surface area contributed by atoms with Crippen LogP contribution in [-0.4, -0.2) is 286 Å². The first-order valence-electron chi connectivity index (χ1n) is 40.3. The number of aromatic nitrogens is 12. The summed E-state index contributed by atoms with van der Waals surface area (Å²) in [4.78, 5) is 13.2. The van der Waals surface area contributed by atoms with Crippen LogP contribution in [0.2, 0.25) is 0 Å². The molecule has 33 nitrogen and oxygen atoms in total. The molecule has 3 N–H and O–H groups in total. The van der Waals surface area contributed by atoms with Crippen LogP contribution in [0.5, 0.6) is 17.6 Å². The number of hydrogen-bond donors (Lipinski definition) is 3. The summed E-state index contributed by atoms with van der Waals surface area (Å²) in [6.45, 7) is 10.9. The summed E-state index contributed by atoms with van der Waals surface area (Å²) in [5.41, 5.74) is 10.3. The van der Waals surface area contributed by atoms with E-state index in [9.17, 15) is 4.39 Å². The molecule has 0 atom stereocenters. The number of ether oxygens (including phenoxy) is 18. The van der Waals surface area contributed by atoms with Gasteiger partial charge >= 0.3 is 0 Å². The maximum atomic E-state index is 12.6. The number of halogens is 1. The van der Waals surface area contributed by atoms with Gasteiger partial charge in [-0.2, -0.15) is 0 Å². The first-order valence-corrected chi connectivity index (χ1v) is 40.3.